The maximum Gasteiger partial charge on any atom is 0.241 e. The number of hydrogen-bond acceptors (Lipinski definition) is 7. The monoisotopic (exact) mass is 447 g/mol. The summed E-state index contributed by atoms with van der Waals surface area (Å²) in [6.45, 7) is 4.87. The molecule has 0 fully saturated rings. The SMILES string of the molecule is Cc1cc(Nc2ncc(Br)c(N[C@H](C)[C@@H](C)O)n2)cc(F)c1S(N)(=O)=O. The largest absolute Gasteiger partial charge is 0.391 e. The molecule has 26 heavy (non-hydrogen) atoms. The molecule has 0 spiro atoms. The summed E-state index contributed by atoms with van der Waals surface area (Å²) < 4.78 is 37.6. The molecule has 0 saturated heterocycles. The van der Waals surface area contributed by atoms with Gasteiger partial charge in [0.25, 0.3) is 0 Å². The number of sulfonamides is 1. The van der Waals surface area contributed by atoms with Crippen molar-refractivity contribution in [1.82, 2.24) is 9.97 Å². The summed E-state index contributed by atoms with van der Waals surface area (Å²) in [5.74, 6) is -0.363. The lowest BCUT2D eigenvalue weighted by molar-refractivity contribution is 0.177. The number of aromatic nitrogens is 2. The van der Waals surface area contributed by atoms with Crippen LogP contribution >= 0.6 is 15.9 Å². The van der Waals surface area contributed by atoms with Gasteiger partial charge in [-0.15, -0.1) is 0 Å². The number of benzene rings is 1. The molecule has 2 atom stereocenters. The number of aliphatic hydroxyl groups excluding tert-OH is 1. The van der Waals surface area contributed by atoms with E-state index in [1.54, 1.807) is 13.8 Å². The summed E-state index contributed by atoms with van der Waals surface area (Å²) in [6.07, 6.45) is 0.893. The van der Waals surface area contributed by atoms with E-state index in [0.29, 0.717) is 10.3 Å². The van der Waals surface area contributed by atoms with Crippen LogP contribution in [0.5, 0.6) is 0 Å². The minimum atomic E-state index is -4.16. The molecule has 2 aromatic rings. The van der Waals surface area contributed by atoms with Gasteiger partial charge >= 0.3 is 0 Å². The number of rotatable bonds is 6. The number of anilines is 3. The van der Waals surface area contributed by atoms with Crippen LogP contribution in [-0.2, 0) is 10.0 Å². The Labute approximate surface area is 159 Å². The Morgan fingerprint density at radius 2 is 2.00 bits per heavy atom. The number of nitrogens with one attached hydrogen (secondary N) is 2. The zero-order chi connectivity index (χ0) is 19.6. The molecule has 1 aromatic carbocycles. The van der Waals surface area contributed by atoms with E-state index >= 15 is 0 Å². The fourth-order valence-electron chi connectivity index (χ4n) is 2.16. The predicted octanol–water partition coefficient (Wildman–Crippen LogP) is 2.26. The number of aryl methyl sites for hydroxylation is 1. The molecule has 0 bridgehead atoms. The molecule has 142 valence electrons. The van der Waals surface area contributed by atoms with Crippen molar-refractivity contribution >= 4 is 43.4 Å². The smallest absolute Gasteiger partial charge is 0.241 e. The maximum atomic E-state index is 14.1. The van der Waals surface area contributed by atoms with Crippen LogP contribution in [-0.4, -0.2) is 35.6 Å². The van der Waals surface area contributed by atoms with E-state index in [1.165, 1.54) is 19.2 Å². The van der Waals surface area contributed by atoms with Gasteiger partial charge in [-0.05, 0) is 54.4 Å². The second kappa shape index (κ2) is 7.82. The predicted molar refractivity (Wildman–Crippen MR) is 100 cm³/mol. The molecule has 1 aromatic heterocycles. The Morgan fingerprint density at radius 3 is 2.54 bits per heavy atom. The first-order chi connectivity index (χ1) is 12.0. The second-order valence-corrected chi connectivity index (χ2v) is 8.19. The standard InChI is InChI=1S/C15H19BrFN5O3S/c1-7-4-10(5-12(17)13(7)26(18,24)25)21-15-19-6-11(16)14(22-15)20-8(2)9(3)23/h4-6,8-9,23H,1-3H3,(H2,18,24,25)(H2,19,20,21,22)/t8-,9-/m1/s1. The van der Waals surface area contributed by atoms with Gasteiger partial charge in [0.2, 0.25) is 16.0 Å². The number of nitrogens with two attached hydrogens (primary N) is 1. The molecule has 5 N–H and O–H groups in total. The molecular formula is C15H19BrFN5O3S. The van der Waals surface area contributed by atoms with Crippen molar-refractivity contribution in [2.45, 2.75) is 37.8 Å². The summed E-state index contributed by atoms with van der Waals surface area (Å²) >= 11 is 3.31. The van der Waals surface area contributed by atoms with Crippen molar-refractivity contribution in [3.63, 3.8) is 0 Å². The van der Waals surface area contributed by atoms with Crippen LogP contribution < -0.4 is 15.8 Å². The van der Waals surface area contributed by atoms with Gasteiger partial charge in [0.05, 0.1) is 16.6 Å². The maximum absolute atomic E-state index is 14.1. The van der Waals surface area contributed by atoms with E-state index in [1.807, 2.05) is 0 Å². The van der Waals surface area contributed by atoms with Crippen LogP contribution in [0.15, 0.2) is 27.7 Å². The third kappa shape index (κ3) is 4.87. The third-order valence-electron chi connectivity index (χ3n) is 3.60. The quantitative estimate of drug-likeness (QED) is 0.533. The van der Waals surface area contributed by atoms with Crippen molar-refractivity contribution in [2.24, 2.45) is 5.14 Å². The fourth-order valence-corrected chi connectivity index (χ4v) is 3.30. The van der Waals surface area contributed by atoms with Crippen molar-refractivity contribution in [1.29, 1.82) is 0 Å². The Balaban J connectivity index is 2.32. The van der Waals surface area contributed by atoms with Crippen molar-refractivity contribution in [3.8, 4) is 0 Å². The highest BCUT2D eigenvalue weighted by Gasteiger charge is 2.19. The van der Waals surface area contributed by atoms with Crippen molar-refractivity contribution < 1.29 is 17.9 Å². The molecule has 0 amide bonds. The van der Waals surface area contributed by atoms with E-state index < -0.39 is 26.8 Å². The summed E-state index contributed by atoms with van der Waals surface area (Å²) in [7, 11) is -4.16. The van der Waals surface area contributed by atoms with Gasteiger partial charge in [-0.2, -0.15) is 4.98 Å². The van der Waals surface area contributed by atoms with Crippen LogP contribution in [0.4, 0.5) is 21.8 Å². The minimum Gasteiger partial charge on any atom is -0.391 e. The van der Waals surface area contributed by atoms with Gasteiger partial charge in [-0.3, -0.25) is 0 Å². The Hall–Kier alpha value is -1.82. The zero-order valence-electron chi connectivity index (χ0n) is 14.3. The van der Waals surface area contributed by atoms with Gasteiger partial charge in [-0.1, -0.05) is 0 Å². The summed E-state index contributed by atoms with van der Waals surface area (Å²) in [4.78, 5) is 7.80. The van der Waals surface area contributed by atoms with E-state index in [2.05, 4.69) is 36.5 Å². The average molecular weight is 448 g/mol. The van der Waals surface area contributed by atoms with Crippen LogP contribution in [0.25, 0.3) is 0 Å². The van der Waals surface area contributed by atoms with Crippen LogP contribution in [0.2, 0.25) is 0 Å². The van der Waals surface area contributed by atoms with E-state index in [0.717, 1.165) is 6.07 Å². The lowest BCUT2D eigenvalue weighted by atomic mass is 10.2. The molecule has 8 nitrogen and oxygen atoms in total. The Bertz CT molecular complexity index is 900. The number of aliphatic hydroxyl groups is 1. The molecule has 0 radical (unpaired) electrons. The van der Waals surface area contributed by atoms with Crippen LogP contribution in [0, 0.1) is 12.7 Å². The summed E-state index contributed by atoms with van der Waals surface area (Å²) in [5, 5.41) is 20.5. The first kappa shape index (κ1) is 20.5. The highest BCUT2D eigenvalue weighted by atomic mass is 79.9. The normalized spacial score (nSPS) is 14.0. The van der Waals surface area contributed by atoms with Crippen molar-refractivity contribution in [3.05, 3.63) is 34.2 Å². The minimum absolute atomic E-state index is 0.160. The first-order valence-electron chi connectivity index (χ1n) is 7.56. The molecule has 2 rings (SSSR count). The topological polar surface area (TPSA) is 130 Å². The average Bonchev–Trinajstić information content (AvgIpc) is 2.48. The first-order valence-corrected chi connectivity index (χ1v) is 9.90. The Morgan fingerprint density at radius 1 is 1.35 bits per heavy atom. The molecule has 0 unspecified atom stereocenters. The number of hydrogen-bond donors (Lipinski definition) is 4. The van der Waals surface area contributed by atoms with E-state index in [9.17, 15) is 17.9 Å². The number of halogens is 2. The highest BCUT2D eigenvalue weighted by molar-refractivity contribution is 9.10. The molecular weight excluding hydrogens is 429 g/mol. The van der Waals surface area contributed by atoms with Gasteiger partial charge in [-0.25, -0.2) is 22.9 Å². The molecule has 0 aliphatic heterocycles. The van der Waals surface area contributed by atoms with Gasteiger partial charge in [0.15, 0.2) is 0 Å². The molecule has 0 aliphatic rings. The molecule has 1 heterocycles. The second-order valence-electron chi connectivity index (χ2n) is 5.84. The van der Waals surface area contributed by atoms with Crippen molar-refractivity contribution in [2.75, 3.05) is 10.6 Å². The van der Waals surface area contributed by atoms with Gasteiger partial charge < -0.3 is 15.7 Å². The fraction of sp³-hybridized carbons (Fsp3) is 0.333. The van der Waals surface area contributed by atoms with E-state index in [-0.39, 0.29) is 23.2 Å². The number of primary sulfonamides is 1. The molecule has 11 heteroatoms. The lowest BCUT2D eigenvalue weighted by Crippen LogP contribution is -2.28. The Kier molecular flexibility index (Phi) is 6.17. The highest BCUT2D eigenvalue weighted by Crippen LogP contribution is 2.26. The molecule has 0 saturated carbocycles. The number of nitrogens with zero attached hydrogens (tertiary/aromatic N) is 2. The van der Waals surface area contributed by atoms with Gasteiger partial charge in [0.1, 0.15) is 16.5 Å². The lowest BCUT2D eigenvalue weighted by Gasteiger charge is -2.18. The molecule has 0 aliphatic carbocycles. The van der Waals surface area contributed by atoms with E-state index in [4.69, 9.17) is 5.14 Å². The third-order valence-corrected chi connectivity index (χ3v) is 5.27. The van der Waals surface area contributed by atoms with Crippen LogP contribution in [0.3, 0.4) is 0 Å². The van der Waals surface area contributed by atoms with Crippen LogP contribution in [0.1, 0.15) is 19.4 Å². The summed E-state index contributed by atoms with van der Waals surface area (Å²) in [5.41, 5.74) is 0.428. The van der Waals surface area contributed by atoms with Gasteiger partial charge in [0, 0.05) is 11.9 Å². The summed E-state index contributed by atoms with van der Waals surface area (Å²) in [6, 6.07) is 2.17. The zero-order valence-corrected chi connectivity index (χ0v) is 16.7.